The van der Waals surface area contributed by atoms with Crippen molar-refractivity contribution >= 4 is 17.4 Å². The van der Waals surface area contributed by atoms with Gasteiger partial charge in [-0.25, -0.2) is 4.98 Å². The second-order valence-corrected chi connectivity index (χ2v) is 5.38. The van der Waals surface area contributed by atoms with E-state index in [4.69, 9.17) is 5.73 Å². The first kappa shape index (κ1) is 12.7. The highest BCUT2D eigenvalue weighted by Crippen LogP contribution is 2.49. The summed E-state index contributed by atoms with van der Waals surface area (Å²) in [7, 11) is 0. The number of nitrogens with zero attached hydrogens (tertiary/aromatic N) is 1. The Hall–Kier alpha value is -2.36. The van der Waals surface area contributed by atoms with E-state index in [1.807, 2.05) is 43.3 Å². The van der Waals surface area contributed by atoms with Gasteiger partial charge in [-0.1, -0.05) is 18.2 Å². The molecular weight excluding hydrogens is 250 g/mol. The van der Waals surface area contributed by atoms with Gasteiger partial charge in [-0.3, -0.25) is 4.79 Å². The van der Waals surface area contributed by atoms with Crippen LogP contribution in [0.3, 0.4) is 0 Å². The van der Waals surface area contributed by atoms with Crippen molar-refractivity contribution in [3.63, 3.8) is 0 Å². The fourth-order valence-corrected chi connectivity index (χ4v) is 2.35. The van der Waals surface area contributed by atoms with Crippen LogP contribution in [0.2, 0.25) is 0 Å². The van der Waals surface area contributed by atoms with Gasteiger partial charge in [-0.15, -0.1) is 0 Å². The molecule has 1 aliphatic carbocycles. The van der Waals surface area contributed by atoms with E-state index in [2.05, 4.69) is 10.3 Å². The maximum Gasteiger partial charge on any atom is 0.236 e. The third-order valence-electron chi connectivity index (χ3n) is 3.80. The lowest BCUT2D eigenvalue weighted by Crippen LogP contribution is -2.28. The van der Waals surface area contributed by atoms with E-state index in [1.54, 1.807) is 6.20 Å². The van der Waals surface area contributed by atoms with Crippen LogP contribution in [-0.2, 0) is 10.2 Å². The zero-order valence-electron chi connectivity index (χ0n) is 11.4. The molecule has 1 aromatic carbocycles. The maximum atomic E-state index is 12.5. The minimum Gasteiger partial charge on any atom is -0.399 e. The zero-order valence-corrected chi connectivity index (χ0v) is 11.4. The Bertz CT molecular complexity index is 628. The first-order valence-electron chi connectivity index (χ1n) is 6.70. The Morgan fingerprint density at radius 2 is 1.90 bits per heavy atom. The van der Waals surface area contributed by atoms with Crippen LogP contribution in [0, 0.1) is 6.92 Å². The Morgan fingerprint density at radius 3 is 2.45 bits per heavy atom. The molecule has 0 bridgehead atoms. The number of benzene rings is 1. The molecule has 1 heterocycles. The molecule has 20 heavy (non-hydrogen) atoms. The maximum absolute atomic E-state index is 12.5. The number of amides is 1. The molecule has 4 nitrogen and oxygen atoms in total. The van der Waals surface area contributed by atoms with Crippen molar-refractivity contribution in [1.82, 2.24) is 4.98 Å². The molecule has 3 rings (SSSR count). The number of hydrogen-bond donors (Lipinski definition) is 2. The summed E-state index contributed by atoms with van der Waals surface area (Å²) < 4.78 is 0. The topological polar surface area (TPSA) is 68.0 Å². The number of nitrogen functional groups attached to an aromatic ring is 1. The molecule has 0 unspecified atom stereocenters. The lowest BCUT2D eigenvalue weighted by atomic mass is 9.95. The summed E-state index contributed by atoms with van der Waals surface area (Å²) in [6.45, 7) is 1.97. The average molecular weight is 267 g/mol. The molecule has 102 valence electrons. The van der Waals surface area contributed by atoms with Crippen LogP contribution in [0.25, 0.3) is 0 Å². The quantitative estimate of drug-likeness (QED) is 0.840. The van der Waals surface area contributed by atoms with Crippen molar-refractivity contribution in [2.75, 3.05) is 11.1 Å². The number of hydrogen-bond acceptors (Lipinski definition) is 3. The highest BCUT2D eigenvalue weighted by Gasteiger charge is 2.51. The molecule has 0 radical (unpaired) electrons. The SMILES string of the molecule is Cc1ccc(NC(=O)C2(c3ccc(N)cc3)CC2)nc1. The summed E-state index contributed by atoms with van der Waals surface area (Å²) in [6.07, 6.45) is 3.49. The Morgan fingerprint density at radius 1 is 1.20 bits per heavy atom. The number of aryl methyl sites for hydroxylation is 1. The standard InChI is InChI=1S/C16H17N3O/c1-11-2-7-14(18-10-11)19-15(20)16(8-9-16)12-3-5-13(17)6-4-12/h2-7,10H,8-9,17H2,1H3,(H,18,19,20). The van der Waals surface area contributed by atoms with Crippen LogP contribution in [0.1, 0.15) is 24.0 Å². The average Bonchev–Trinajstić information content (AvgIpc) is 3.24. The molecule has 1 saturated carbocycles. The number of nitrogens with two attached hydrogens (primary N) is 1. The van der Waals surface area contributed by atoms with Crippen LogP contribution >= 0.6 is 0 Å². The molecule has 1 aliphatic rings. The summed E-state index contributed by atoms with van der Waals surface area (Å²) in [5.74, 6) is 0.612. The Labute approximate surface area is 118 Å². The molecule has 0 atom stereocenters. The molecule has 1 aromatic heterocycles. The monoisotopic (exact) mass is 267 g/mol. The molecule has 1 fully saturated rings. The summed E-state index contributed by atoms with van der Waals surface area (Å²) in [6, 6.07) is 11.3. The van der Waals surface area contributed by atoms with Crippen molar-refractivity contribution in [2.45, 2.75) is 25.2 Å². The highest BCUT2D eigenvalue weighted by molar-refractivity contribution is 6.00. The lowest BCUT2D eigenvalue weighted by Gasteiger charge is -2.15. The normalized spacial score (nSPS) is 15.7. The van der Waals surface area contributed by atoms with E-state index in [9.17, 15) is 4.79 Å². The minimum atomic E-state index is -0.403. The van der Waals surface area contributed by atoms with Crippen LogP contribution in [-0.4, -0.2) is 10.9 Å². The summed E-state index contributed by atoms with van der Waals surface area (Å²) in [4.78, 5) is 16.7. The van der Waals surface area contributed by atoms with Crippen molar-refractivity contribution in [2.24, 2.45) is 0 Å². The Balaban J connectivity index is 1.79. The highest BCUT2D eigenvalue weighted by atomic mass is 16.2. The molecule has 2 aromatic rings. The first-order valence-corrected chi connectivity index (χ1v) is 6.70. The molecular formula is C16H17N3O. The first-order chi connectivity index (χ1) is 9.60. The van der Waals surface area contributed by atoms with Gasteiger partial charge in [-0.05, 0) is 49.1 Å². The smallest absolute Gasteiger partial charge is 0.236 e. The molecule has 3 N–H and O–H groups in total. The van der Waals surface area contributed by atoms with Crippen molar-refractivity contribution in [1.29, 1.82) is 0 Å². The van der Waals surface area contributed by atoms with E-state index >= 15 is 0 Å². The van der Waals surface area contributed by atoms with Gasteiger partial charge < -0.3 is 11.1 Å². The number of carbonyl (C=O) groups excluding carboxylic acids is 1. The number of carbonyl (C=O) groups is 1. The Kier molecular flexibility index (Phi) is 2.93. The summed E-state index contributed by atoms with van der Waals surface area (Å²) in [5, 5.41) is 2.90. The van der Waals surface area contributed by atoms with E-state index in [0.29, 0.717) is 11.5 Å². The van der Waals surface area contributed by atoms with Crippen LogP contribution < -0.4 is 11.1 Å². The lowest BCUT2D eigenvalue weighted by molar-refractivity contribution is -0.118. The van der Waals surface area contributed by atoms with Crippen LogP contribution in [0.5, 0.6) is 0 Å². The second kappa shape index (κ2) is 4.63. The van der Waals surface area contributed by atoms with Gasteiger partial charge in [0.15, 0.2) is 0 Å². The van der Waals surface area contributed by atoms with Gasteiger partial charge in [0.2, 0.25) is 5.91 Å². The predicted molar refractivity (Wildman–Crippen MR) is 79.4 cm³/mol. The fraction of sp³-hybridized carbons (Fsp3) is 0.250. The van der Waals surface area contributed by atoms with Crippen molar-refractivity contribution in [3.8, 4) is 0 Å². The number of pyridine rings is 1. The van der Waals surface area contributed by atoms with Gasteiger partial charge in [0.1, 0.15) is 5.82 Å². The molecule has 1 amide bonds. The predicted octanol–water partition coefficient (Wildman–Crippen LogP) is 2.64. The number of anilines is 2. The van der Waals surface area contributed by atoms with Crippen molar-refractivity contribution in [3.05, 3.63) is 53.7 Å². The third-order valence-corrected chi connectivity index (χ3v) is 3.80. The van der Waals surface area contributed by atoms with E-state index in [0.717, 1.165) is 24.0 Å². The molecule has 0 spiro atoms. The van der Waals surface area contributed by atoms with Gasteiger partial charge in [-0.2, -0.15) is 0 Å². The molecule has 0 saturated heterocycles. The van der Waals surface area contributed by atoms with E-state index in [-0.39, 0.29) is 5.91 Å². The fourth-order valence-electron chi connectivity index (χ4n) is 2.35. The molecule has 4 heteroatoms. The number of rotatable bonds is 3. The van der Waals surface area contributed by atoms with E-state index in [1.165, 1.54) is 0 Å². The minimum absolute atomic E-state index is 0.0126. The van der Waals surface area contributed by atoms with Gasteiger partial charge in [0.25, 0.3) is 0 Å². The number of nitrogens with one attached hydrogen (secondary N) is 1. The van der Waals surface area contributed by atoms with E-state index < -0.39 is 5.41 Å². The second-order valence-electron chi connectivity index (χ2n) is 5.38. The largest absolute Gasteiger partial charge is 0.399 e. The van der Waals surface area contributed by atoms with Crippen molar-refractivity contribution < 1.29 is 4.79 Å². The van der Waals surface area contributed by atoms with Gasteiger partial charge >= 0.3 is 0 Å². The summed E-state index contributed by atoms with van der Waals surface area (Å²) in [5.41, 5.74) is 8.10. The van der Waals surface area contributed by atoms with Crippen LogP contribution in [0.4, 0.5) is 11.5 Å². The molecule has 0 aliphatic heterocycles. The van der Waals surface area contributed by atoms with Crippen LogP contribution in [0.15, 0.2) is 42.6 Å². The van der Waals surface area contributed by atoms with Gasteiger partial charge in [0, 0.05) is 11.9 Å². The van der Waals surface area contributed by atoms with Gasteiger partial charge in [0.05, 0.1) is 5.41 Å². The zero-order chi connectivity index (χ0) is 14.2. The number of aromatic nitrogens is 1. The third kappa shape index (κ3) is 2.25. The summed E-state index contributed by atoms with van der Waals surface area (Å²) >= 11 is 0.